The van der Waals surface area contributed by atoms with Crippen LogP contribution in [-0.4, -0.2) is 43.3 Å². The average Bonchev–Trinajstić information content (AvgIpc) is 2.87. The summed E-state index contributed by atoms with van der Waals surface area (Å²) in [6.07, 6.45) is 5.78. The molecule has 8 nitrogen and oxygen atoms in total. The molecule has 0 aliphatic carbocycles. The zero-order valence-corrected chi connectivity index (χ0v) is 25.3. The van der Waals surface area contributed by atoms with Gasteiger partial charge in [-0.2, -0.15) is 0 Å². The van der Waals surface area contributed by atoms with Gasteiger partial charge < -0.3 is 21.3 Å². The van der Waals surface area contributed by atoms with Gasteiger partial charge in [0.1, 0.15) is 0 Å². The first kappa shape index (κ1) is 47.9. The molecule has 1 aromatic rings. The zero-order valence-electron chi connectivity index (χ0n) is 25.3. The Morgan fingerprint density at radius 1 is 0.610 bits per heavy atom. The molecule has 242 valence electrons. The van der Waals surface area contributed by atoms with Gasteiger partial charge in [-0.05, 0) is 31.9 Å². The average molecular weight is 583 g/mol. The van der Waals surface area contributed by atoms with Gasteiger partial charge in [0.15, 0.2) is 0 Å². The third-order valence-corrected chi connectivity index (χ3v) is 5.22. The topological polar surface area (TPSA) is 116 Å². The number of carbonyl (C=O) groups excluding carboxylic acids is 4. The summed E-state index contributed by atoms with van der Waals surface area (Å²) in [5.74, 6) is 0.0919. The van der Waals surface area contributed by atoms with E-state index in [1.54, 1.807) is 13.8 Å². The minimum atomic E-state index is -0.129. The lowest BCUT2D eigenvalue weighted by Crippen LogP contribution is -2.38. The van der Waals surface area contributed by atoms with E-state index in [9.17, 15) is 19.2 Å². The Labute approximate surface area is 253 Å². The molecule has 0 atom stereocenters. The lowest BCUT2D eigenvalue weighted by atomic mass is 10.2. The highest BCUT2D eigenvalue weighted by Gasteiger charge is 2.08. The van der Waals surface area contributed by atoms with Crippen LogP contribution in [0.25, 0.3) is 0 Å². The number of rotatable bonds is 13. The van der Waals surface area contributed by atoms with Crippen molar-refractivity contribution in [2.24, 2.45) is 17.8 Å². The van der Waals surface area contributed by atoms with Crippen molar-refractivity contribution in [1.82, 2.24) is 16.0 Å². The standard InChI is InChI=1S/C11H15NO.C10H21NO.C9H18N2O2.3CH4/c1-8(2)11(13)12-10-6-4-9(3)5-7-10;1-4-5-6-7-8-11-10(12)9(2)3;1-4-5-10-8(12)6-11-9(13)7(2)3;;;/h4-8H,1-3H3,(H,12,13);9H,4-8H2,1-3H3,(H,11,12);7H,4-6H2,1-3H3,(H,10,12)(H,11,13);3*1H4. The third kappa shape index (κ3) is 29.9. The number of aryl methyl sites for hydroxylation is 1. The van der Waals surface area contributed by atoms with Crippen LogP contribution < -0.4 is 21.3 Å². The molecule has 1 aromatic carbocycles. The molecule has 4 N–H and O–H groups in total. The monoisotopic (exact) mass is 583 g/mol. The maximum absolute atomic E-state index is 11.3. The molecule has 8 heteroatoms. The van der Waals surface area contributed by atoms with E-state index in [2.05, 4.69) is 28.2 Å². The van der Waals surface area contributed by atoms with Gasteiger partial charge in [0.25, 0.3) is 0 Å². The van der Waals surface area contributed by atoms with Crippen molar-refractivity contribution in [1.29, 1.82) is 0 Å². The summed E-state index contributed by atoms with van der Waals surface area (Å²) in [6.45, 7) is 19.0. The third-order valence-electron chi connectivity index (χ3n) is 5.22. The molecule has 0 unspecified atom stereocenters. The summed E-state index contributed by atoms with van der Waals surface area (Å²) in [5, 5.41) is 10.9. The van der Waals surface area contributed by atoms with Crippen molar-refractivity contribution >= 4 is 29.3 Å². The van der Waals surface area contributed by atoms with E-state index in [4.69, 9.17) is 0 Å². The first-order valence-corrected chi connectivity index (χ1v) is 14.0. The molecule has 1 rings (SSSR count). The smallest absolute Gasteiger partial charge is 0.239 e. The predicted molar refractivity (Wildman–Crippen MR) is 178 cm³/mol. The Morgan fingerprint density at radius 3 is 1.54 bits per heavy atom. The highest BCUT2D eigenvalue weighted by Crippen LogP contribution is 2.09. The van der Waals surface area contributed by atoms with Crippen LogP contribution in [0.2, 0.25) is 0 Å². The highest BCUT2D eigenvalue weighted by molar-refractivity contribution is 5.92. The van der Waals surface area contributed by atoms with Crippen LogP contribution in [-0.2, 0) is 19.2 Å². The second-order valence-electron chi connectivity index (χ2n) is 10.2. The van der Waals surface area contributed by atoms with Gasteiger partial charge in [-0.3, -0.25) is 19.2 Å². The number of hydrogen-bond acceptors (Lipinski definition) is 4. The fourth-order valence-electron chi connectivity index (χ4n) is 2.59. The maximum Gasteiger partial charge on any atom is 0.239 e. The molecule has 0 saturated heterocycles. The Balaban J connectivity index is -0.000000153. The van der Waals surface area contributed by atoms with E-state index in [1.807, 2.05) is 65.8 Å². The largest absolute Gasteiger partial charge is 0.356 e. The number of nitrogens with one attached hydrogen (secondary N) is 4. The van der Waals surface area contributed by atoms with Gasteiger partial charge in [0.05, 0.1) is 6.54 Å². The molecule has 0 aliphatic rings. The lowest BCUT2D eigenvalue weighted by Gasteiger charge is -2.07. The number of hydrogen-bond donors (Lipinski definition) is 4. The Kier molecular flexibility index (Phi) is 35.1. The van der Waals surface area contributed by atoms with Crippen LogP contribution in [0.1, 0.15) is 115 Å². The quantitative estimate of drug-likeness (QED) is 0.185. The molecule has 0 radical (unpaired) electrons. The Bertz CT molecular complexity index is 791. The molecular formula is C33H66N4O4. The van der Waals surface area contributed by atoms with Crippen molar-refractivity contribution in [3.05, 3.63) is 29.8 Å². The van der Waals surface area contributed by atoms with E-state index in [0.717, 1.165) is 25.1 Å². The minimum Gasteiger partial charge on any atom is -0.356 e. The van der Waals surface area contributed by atoms with Crippen LogP contribution in [0.15, 0.2) is 24.3 Å². The summed E-state index contributed by atoms with van der Waals surface area (Å²) >= 11 is 0. The normalized spacial score (nSPS) is 9.37. The van der Waals surface area contributed by atoms with Crippen LogP contribution >= 0.6 is 0 Å². The van der Waals surface area contributed by atoms with E-state index < -0.39 is 0 Å². The summed E-state index contributed by atoms with van der Waals surface area (Å²) in [5.41, 5.74) is 2.06. The fraction of sp³-hybridized carbons (Fsp3) is 0.697. The van der Waals surface area contributed by atoms with Crippen LogP contribution in [0.4, 0.5) is 5.69 Å². The van der Waals surface area contributed by atoms with Gasteiger partial charge in [-0.1, -0.05) is 115 Å². The number of carbonyl (C=O) groups is 4. The van der Waals surface area contributed by atoms with Gasteiger partial charge in [0.2, 0.25) is 23.6 Å². The Morgan fingerprint density at radius 2 is 1.10 bits per heavy atom. The zero-order chi connectivity index (χ0) is 29.5. The van der Waals surface area contributed by atoms with E-state index in [1.165, 1.54) is 24.8 Å². The maximum atomic E-state index is 11.3. The number of anilines is 1. The second kappa shape index (κ2) is 30.1. The molecule has 41 heavy (non-hydrogen) atoms. The first-order chi connectivity index (χ1) is 17.8. The number of amides is 4. The molecule has 0 saturated carbocycles. The van der Waals surface area contributed by atoms with Crippen LogP contribution in [0, 0.1) is 24.7 Å². The fourth-order valence-corrected chi connectivity index (χ4v) is 2.59. The van der Waals surface area contributed by atoms with Crippen molar-refractivity contribution in [3.63, 3.8) is 0 Å². The van der Waals surface area contributed by atoms with Gasteiger partial charge in [0, 0.05) is 36.5 Å². The molecule has 4 amide bonds. The van der Waals surface area contributed by atoms with Crippen molar-refractivity contribution in [3.8, 4) is 0 Å². The predicted octanol–water partition coefficient (Wildman–Crippen LogP) is 7.12. The van der Waals surface area contributed by atoms with Gasteiger partial charge in [-0.15, -0.1) is 0 Å². The summed E-state index contributed by atoms with van der Waals surface area (Å²) < 4.78 is 0. The van der Waals surface area contributed by atoms with Crippen molar-refractivity contribution in [2.45, 2.75) is 117 Å². The molecule has 0 bridgehead atoms. The van der Waals surface area contributed by atoms with Gasteiger partial charge in [-0.25, -0.2) is 0 Å². The summed E-state index contributed by atoms with van der Waals surface area (Å²) in [4.78, 5) is 44.4. The lowest BCUT2D eigenvalue weighted by molar-refractivity contribution is -0.127. The SMILES string of the molecule is C.C.C.CCCCCCNC(=O)C(C)C.CCCNC(=O)CNC(=O)C(C)C.Cc1ccc(NC(=O)C(C)C)cc1. The van der Waals surface area contributed by atoms with Gasteiger partial charge >= 0.3 is 0 Å². The molecular weight excluding hydrogens is 516 g/mol. The second-order valence-corrected chi connectivity index (χ2v) is 10.2. The van der Waals surface area contributed by atoms with Crippen LogP contribution in [0.5, 0.6) is 0 Å². The molecule has 0 aliphatic heterocycles. The summed E-state index contributed by atoms with van der Waals surface area (Å²) in [7, 11) is 0. The van der Waals surface area contributed by atoms with E-state index >= 15 is 0 Å². The van der Waals surface area contributed by atoms with E-state index in [0.29, 0.717) is 6.54 Å². The molecule has 0 aromatic heterocycles. The van der Waals surface area contributed by atoms with Crippen LogP contribution in [0.3, 0.4) is 0 Å². The Hall–Kier alpha value is -2.90. The number of unbranched alkanes of at least 4 members (excludes halogenated alkanes) is 3. The minimum absolute atomic E-state index is 0. The molecule has 0 spiro atoms. The van der Waals surface area contributed by atoms with E-state index in [-0.39, 0.29) is 70.2 Å². The number of benzene rings is 1. The van der Waals surface area contributed by atoms with Crippen molar-refractivity contribution in [2.75, 3.05) is 25.0 Å². The molecule has 0 fully saturated rings. The highest BCUT2D eigenvalue weighted by atomic mass is 16.2. The first-order valence-electron chi connectivity index (χ1n) is 14.0. The molecule has 0 heterocycles. The van der Waals surface area contributed by atoms with Crippen molar-refractivity contribution < 1.29 is 19.2 Å². The summed E-state index contributed by atoms with van der Waals surface area (Å²) in [6, 6.07) is 7.79.